The second-order valence-electron chi connectivity index (χ2n) is 6.01. The molecule has 3 aromatic rings. The van der Waals surface area contributed by atoms with Gasteiger partial charge in [-0.2, -0.15) is 0 Å². The summed E-state index contributed by atoms with van der Waals surface area (Å²) in [6.07, 6.45) is 2.55. The molecule has 1 N–H and O–H groups in total. The van der Waals surface area contributed by atoms with E-state index in [2.05, 4.69) is 5.32 Å². The third kappa shape index (κ3) is 2.58. The standard InChI is InChI=1S/C20H18N2O3/c1-2-25-17-9-4-3-8-16(17)21-20(24)15-12-22-11-10-13-6-5-7-14(18(13)22)19(15)23/h3-9,12H,2,10-11H2,1H3,(H,21,24). The first-order valence-electron chi connectivity index (χ1n) is 8.37. The number of carbonyl (C=O) groups is 1. The molecule has 1 aliphatic rings. The summed E-state index contributed by atoms with van der Waals surface area (Å²) >= 11 is 0. The van der Waals surface area contributed by atoms with Crippen molar-refractivity contribution < 1.29 is 9.53 Å². The van der Waals surface area contributed by atoms with E-state index in [1.54, 1.807) is 24.4 Å². The molecule has 1 amide bonds. The fraction of sp³-hybridized carbons (Fsp3) is 0.200. The molecule has 0 atom stereocenters. The molecular formula is C20H18N2O3. The molecule has 4 rings (SSSR count). The molecule has 5 heteroatoms. The number of nitrogens with zero attached hydrogens (tertiary/aromatic N) is 1. The topological polar surface area (TPSA) is 60.3 Å². The molecule has 1 aliphatic heterocycles. The minimum absolute atomic E-state index is 0.151. The molecule has 126 valence electrons. The van der Waals surface area contributed by atoms with Crippen molar-refractivity contribution in [1.29, 1.82) is 0 Å². The number of pyridine rings is 1. The van der Waals surface area contributed by atoms with Crippen LogP contribution in [0.2, 0.25) is 0 Å². The van der Waals surface area contributed by atoms with E-state index in [4.69, 9.17) is 4.74 Å². The van der Waals surface area contributed by atoms with Gasteiger partial charge in [0.15, 0.2) is 0 Å². The number of para-hydroxylation sites is 3. The van der Waals surface area contributed by atoms with Crippen LogP contribution in [0.3, 0.4) is 0 Å². The number of anilines is 1. The van der Waals surface area contributed by atoms with Gasteiger partial charge in [-0.1, -0.05) is 24.3 Å². The average molecular weight is 334 g/mol. The van der Waals surface area contributed by atoms with Gasteiger partial charge < -0.3 is 14.6 Å². The van der Waals surface area contributed by atoms with Crippen molar-refractivity contribution in [2.75, 3.05) is 11.9 Å². The fourth-order valence-corrected chi connectivity index (χ4v) is 3.36. The lowest BCUT2D eigenvalue weighted by Crippen LogP contribution is -2.23. The molecule has 0 fully saturated rings. The van der Waals surface area contributed by atoms with E-state index in [1.807, 2.05) is 35.8 Å². The largest absolute Gasteiger partial charge is 0.492 e. The highest BCUT2D eigenvalue weighted by atomic mass is 16.5. The zero-order valence-corrected chi connectivity index (χ0v) is 13.9. The Morgan fingerprint density at radius 2 is 2.04 bits per heavy atom. The van der Waals surface area contributed by atoms with Gasteiger partial charge in [-0.05, 0) is 37.1 Å². The van der Waals surface area contributed by atoms with E-state index in [9.17, 15) is 9.59 Å². The summed E-state index contributed by atoms with van der Waals surface area (Å²) in [6, 6.07) is 12.9. The van der Waals surface area contributed by atoms with E-state index >= 15 is 0 Å². The van der Waals surface area contributed by atoms with Gasteiger partial charge in [-0.25, -0.2) is 0 Å². The van der Waals surface area contributed by atoms with E-state index in [1.165, 1.54) is 0 Å². The molecule has 0 unspecified atom stereocenters. The Labute approximate surface area is 144 Å². The highest BCUT2D eigenvalue weighted by molar-refractivity contribution is 6.06. The van der Waals surface area contributed by atoms with Crippen molar-refractivity contribution >= 4 is 22.5 Å². The number of aryl methyl sites for hydroxylation is 2. The van der Waals surface area contributed by atoms with Crippen molar-refractivity contribution in [1.82, 2.24) is 4.57 Å². The zero-order valence-electron chi connectivity index (χ0n) is 13.9. The van der Waals surface area contributed by atoms with Gasteiger partial charge in [-0.15, -0.1) is 0 Å². The van der Waals surface area contributed by atoms with Gasteiger partial charge in [0.05, 0.1) is 17.8 Å². The number of hydrogen-bond acceptors (Lipinski definition) is 3. The minimum atomic E-state index is -0.417. The molecule has 1 aromatic heterocycles. The Balaban J connectivity index is 1.76. The van der Waals surface area contributed by atoms with E-state index in [-0.39, 0.29) is 11.0 Å². The quantitative estimate of drug-likeness (QED) is 0.797. The first kappa shape index (κ1) is 15.4. The fourth-order valence-electron chi connectivity index (χ4n) is 3.36. The Morgan fingerprint density at radius 1 is 1.20 bits per heavy atom. The van der Waals surface area contributed by atoms with Gasteiger partial charge in [0, 0.05) is 18.1 Å². The normalized spacial score (nSPS) is 12.4. The number of rotatable bonds is 4. The molecular weight excluding hydrogens is 316 g/mol. The number of amides is 1. The summed E-state index contributed by atoms with van der Waals surface area (Å²) in [7, 11) is 0. The van der Waals surface area contributed by atoms with Crippen LogP contribution in [0.25, 0.3) is 10.9 Å². The van der Waals surface area contributed by atoms with Crippen LogP contribution in [0.5, 0.6) is 5.75 Å². The molecule has 0 spiro atoms. The second kappa shape index (κ2) is 6.09. The molecule has 0 bridgehead atoms. The van der Waals surface area contributed by atoms with Crippen LogP contribution < -0.4 is 15.5 Å². The van der Waals surface area contributed by atoms with E-state index in [0.717, 1.165) is 24.0 Å². The van der Waals surface area contributed by atoms with Crippen molar-refractivity contribution in [2.24, 2.45) is 0 Å². The molecule has 2 heterocycles. The van der Waals surface area contributed by atoms with Gasteiger partial charge in [0.1, 0.15) is 11.3 Å². The van der Waals surface area contributed by atoms with Crippen LogP contribution >= 0.6 is 0 Å². The highest BCUT2D eigenvalue weighted by Crippen LogP contribution is 2.26. The first-order valence-corrected chi connectivity index (χ1v) is 8.37. The Hall–Kier alpha value is -3.08. The Bertz CT molecular complexity index is 1040. The molecule has 5 nitrogen and oxygen atoms in total. The maximum Gasteiger partial charge on any atom is 0.261 e. The molecule has 25 heavy (non-hydrogen) atoms. The molecule has 0 radical (unpaired) electrons. The van der Waals surface area contributed by atoms with Crippen LogP contribution in [0.4, 0.5) is 5.69 Å². The van der Waals surface area contributed by atoms with Crippen molar-refractivity contribution in [3.05, 3.63) is 70.0 Å². The zero-order chi connectivity index (χ0) is 17.4. The molecule has 2 aromatic carbocycles. The second-order valence-corrected chi connectivity index (χ2v) is 6.01. The van der Waals surface area contributed by atoms with Gasteiger partial charge in [0.25, 0.3) is 5.91 Å². The van der Waals surface area contributed by atoms with Gasteiger partial charge >= 0.3 is 0 Å². The number of carbonyl (C=O) groups excluding carboxylic acids is 1. The number of hydrogen-bond donors (Lipinski definition) is 1. The lowest BCUT2D eigenvalue weighted by Gasteiger charge is -2.12. The minimum Gasteiger partial charge on any atom is -0.492 e. The SMILES string of the molecule is CCOc1ccccc1NC(=O)c1cn2c3c(cccc3c1=O)CC2. The molecule has 0 saturated carbocycles. The summed E-state index contributed by atoms with van der Waals surface area (Å²) in [5, 5.41) is 3.41. The molecule has 0 aliphatic carbocycles. The van der Waals surface area contributed by atoms with Crippen LogP contribution in [0.15, 0.2) is 53.5 Å². The van der Waals surface area contributed by atoms with Gasteiger partial charge in [0.2, 0.25) is 5.43 Å². The van der Waals surface area contributed by atoms with Crippen molar-refractivity contribution in [3.8, 4) is 5.75 Å². The maximum atomic E-state index is 12.8. The predicted molar refractivity (Wildman–Crippen MR) is 97.5 cm³/mol. The monoisotopic (exact) mass is 334 g/mol. The van der Waals surface area contributed by atoms with Crippen LogP contribution in [0.1, 0.15) is 22.8 Å². The highest BCUT2D eigenvalue weighted by Gasteiger charge is 2.21. The summed E-state index contributed by atoms with van der Waals surface area (Å²) < 4.78 is 7.52. The van der Waals surface area contributed by atoms with Crippen molar-refractivity contribution in [3.63, 3.8) is 0 Å². The third-order valence-electron chi connectivity index (χ3n) is 4.48. The summed E-state index contributed by atoms with van der Waals surface area (Å²) in [4.78, 5) is 25.5. The first-order chi connectivity index (χ1) is 12.2. The summed E-state index contributed by atoms with van der Waals surface area (Å²) in [6.45, 7) is 3.16. The van der Waals surface area contributed by atoms with E-state index in [0.29, 0.717) is 23.4 Å². The van der Waals surface area contributed by atoms with Gasteiger partial charge in [-0.3, -0.25) is 9.59 Å². The molecule has 0 saturated heterocycles. The smallest absolute Gasteiger partial charge is 0.261 e. The lowest BCUT2D eigenvalue weighted by atomic mass is 10.1. The Kier molecular flexibility index (Phi) is 3.76. The van der Waals surface area contributed by atoms with E-state index < -0.39 is 5.91 Å². The average Bonchev–Trinajstić information content (AvgIpc) is 3.04. The van der Waals surface area contributed by atoms with Crippen LogP contribution in [-0.2, 0) is 13.0 Å². The third-order valence-corrected chi connectivity index (χ3v) is 4.48. The number of ether oxygens (including phenoxy) is 1. The van der Waals surface area contributed by atoms with Crippen LogP contribution in [-0.4, -0.2) is 17.1 Å². The number of benzene rings is 2. The lowest BCUT2D eigenvalue weighted by molar-refractivity contribution is 0.102. The van der Waals surface area contributed by atoms with Crippen molar-refractivity contribution in [2.45, 2.75) is 19.9 Å². The predicted octanol–water partition coefficient (Wildman–Crippen LogP) is 3.21. The Morgan fingerprint density at radius 3 is 2.88 bits per heavy atom. The maximum absolute atomic E-state index is 12.8. The number of nitrogens with one attached hydrogen (secondary N) is 1. The summed E-state index contributed by atoms with van der Waals surface area (Å²) in [5.41, 5.74) is 2.57. The summed E-state index contributed by atoms with van der Waals surface area (Å²) in [5.74, 6) is 0.172. The van der Waals surface area contributed by atoms with Crippen LogP contribution in [0, 0.1) is 0 Å². The number of aromatic nitrogens is 1.